The topological polar surface area (TPSA) is 53.3 Å². The van der Waals surface area contributed by atoms with Gasteiger partial charge < -0.3 is 4.74 Å². The van der Waals surface area contributed by atoms with Crippen LogP contribution >= 0.6 is 0 Å². The second-order valence-corrected chi connectivity index (χ2v) is 4.23. The van der Waals surface area contributed by atoms with Crippen molar-refractivity contribution in [3.63, 3.8) is 0 Å². The molecule has 0 heterocycles. The molecule has 0 radical (unpaired) electrons. The molecule has 0 aliphatic heterocycles. The molecular formula is C14H16F2N2O2. The third-order valence-corrected chi connectivity index (χ3v) is 2.76. The van der Waals surface area contributed by atoms with Gasteiger partial charge in [0.05, 0.1) is 19.2 Å². The monoisotopic (exact) mass is 282 g/mol. The summed E-state index contributed by atoms with van der Waals surface area (Å²) in [5.74, 6) is -2.35. The Hall–Kier alpha value is -1.84. The van der Waals surface area contributed by atoms with Gasteiger partial charge in [-0.15, -0.1) is 0 Å². The molecule has 4 nitrogen and oxygen atoms in total. The smallest absolute Gasteiger partial charge is 0.176 e. The van der Waals surface area contributed by atoms with Gasteiger partial charge in [-0.05, 0) is 18.2 Å². The molecule has 0 fully saturated rings. The molecular weight excluding hydrogens is 266 g/mol. The van der Waals surface area contributed by atoms with Gasteiger partial charge in [-0.1, -0.05) is 0 Å². The highest BCUT2D eigenvalue weighted by atomic mass is 19.2. The van der Waals surface area contributed by atoms with Crippen LogP contribution in [0.1, 0.15) is 16.8 Å². The Kier molecular flexibility index (Phi) is 6.77. The average Bonchev–Trinajstić information content (AvgIpc) is 2.44. The molecule has 1 aromatic carbocycles. The third-order valence-electron chi connectivity index (χ3n) is 2.76. The van der Waals surface area contributed by atoms with Gasteiger partial charge in [0, 0.05) is 32.2 Å². The van der Waals surface area contributed by atoms with Crippen LogP contribution in [0.15, 0.2) is 18.2 Å². The van der Waals surface area contributed by atoms with E-state index in [4.69, 9.17) is 10.00 Å². The zero-order valence-corrected chi connectivity index (χ0v) is 11.2. The number of carbonyl (C=O) groups excluding carboxylic acids is 1. The van der Waals surface area contributed by atoms with E-state index in [9.17, 15) is 13.6 Å². The van der Waals surface area contributed by atoms with Crippen molar-refractivity contribution < 1.29 is 18.3 Å². The number of benzene rings is 1. The van der Waals surface area contributed by atoms with E-state index in [-0.39, 0.29) is 24.3 Å². The number of hydrogen-bond donors (Lipinski definition) is 0. The van der Waals surface area contributed by atoms with E-state index in [2.05, 4.69) is 0 Å². The van der Waals surface area contributed by atoms with Crippen molar-refractivity contribution in [2.24, 2.45) is 0 Å². The van der Waals surface area contributed by atoms with Gasteiger partial charge in [0.1, 0.15) is 0 Å². The Morgan fingerprint density at radius 3 is 2.70 bits per heavy atom. The molecule has 0 saturated carbocycles. The predicted octanol–water partition coefficient (Wildman–Crippen LogP) is 2.01. The van der Waals surface area contributed by atoms with E-state index in [0.29, 0.717) is 19.7 Å². The van der Waals surface area contributed by atoms with E-state index < -0.39 is 11.6 Å². The summed E-state index contributed by atoms with van der Waals surface area (Å²) in [6.45, 7) is 1.38. The molecule has 0 N–H and O–H groups in total. The minimum atomic E-state index is -1.05. The van der Waals surface area contributed by atoms with Crippen LogP contribution in [0, 0.1) is 23.0 Å². The van der Waals surface area contributed by atoms with Gasteiger partial charge >= 0.3 is 0 Å². The highest BCUT2D eigenvalue weighted by Gasteiger charge is 2.14. The van der Waals surface area contributed by atoms with Crippen molar-refractivity contribution in [1.82, 2.24) is 4.90 Å². The first kappa shape index (κ1) is 16.2. The minimum absolute atomic E-state index is 0.0378. The van der Waals surface area contributed by atoms with Crippen molar-refractivity contribution in [3.05, 3.63) is 35.4 Å². The summed E-state index contributed by atoms with van der Waals surface area (Å²) < 4.78 is 30.8. The lowest BCUT2D eigenvalue weighted by molar-refractivity contribution is 0.0897. The molecule has 0 aromatic heterocycles. The molecule has 0 aliphatic rings. The second kappa shape index (κ2) is 8.35. The molecule has 0 atom stereocenters. The van der Waals surface area contributed by atoms with Gasteiger partial charge in [0.25, 0.3) is 0 Å². The molecule has 0 bridgehead atoms. The summed E-state index contributed by atoms with van der Waals surface area (Å²) in [4.78, 5) is 13.7. The number of hydrogen-bond acceptors (Lipinski definition) is 4. The number of halogens is 2. The quantitative estimate of drug-likeness (QED) is 0.684. The maximum atomic E-state index is 13.1. The molecule has 6 heteroatoms. The SMILES string of the molecule is COCCN(CCC#N)CC(=O)c1ccc(F)c(F)c1. The molecule has 0 saturated heterocycles. The van der Waals surface area contributed by atoms with Crippen molar-refractivity contribution in [1.29, 1.82) is 5.26 Å². The number of nitriles is 1. The minimum Gasteiger partial charge on any atom is -0.383 e. The molecule has 0 aliphatic carbocycles. The first-order valence-corrected chi connectivity index (χ1v) is 6.15. The summed E-state index contributed by atoms with van der Waals surface area (Å²) in [5.41, 5.74) is 0.114. The lowest BCUT2D eigenvalue weighted by Crippen LogP contribution is -2.33. The van der Waals surface area contributed by atoms with E-state index in [1.165, 1.54) is 6.07 Å². The van der Waals surface area contributed by atoms with Gasteiger partial charge in [0.15, 0.2) is 17.4 Å². The van der Waals surface area contributed by atoms with Crippen LogP contribution in [0.3, 0.4) is 0 Å². The maximum Gasteiger partial charge on any atom is 0.176 e. The number of rotatable bonds is 8. The number of Topliss-reactive ketones (excluding diaryl/α,β-unsaturated/α-hetero) is 1. The van der Waals surface area contributed by atoms with E-state index >= 15 is 0 Å². The van der Waals surface area contributed by atoms with Crippen LogP contribution in [-0.2, 0) is 4.74 Å². The van der Waals surface area contributed by atoms with Crippen LogP contribution in [0.4, 0.5) is 8.78 Å². The average molecular weight is 282 g/mol. The van der Waals surface area contributed by atoms with Crippen LogP contribution in [0.2, 0.25) is 0 Å². The summed E-state index contributed by atoms with van der Waals surface area (Å²) in [5, 5.41) is 8.57. The summed E-state index contributed by atoms with van der Waals surface area (Å²) in [7, 11) is 1.54. The standard InChI is InChI=1S/C14H16F2N2O2/c1-20-8-7-18(6-2-5-17)10-14(19)11-3-4-12(15)13(16)9-11/h3-4,9H,2,6-8,10H2,1H3. The summed E-state index contributed by atoms with van der Waals surface area (Å²) in [6, 6.07) is 5.06. The fourth-order valence-corrected chi connectivity index (χ4v) is 1.66. The zero-order valence-electron chi connectivity index (χ0n) is 11.2. The molecule has 108 valence electrons. The second-order valence-electron chi connectivity index (χ2n) is 4.23. The lowest BCUT2D eigenvalue weighted by Gasteiger charge is -2.19. The number of ketones is 1. The van der Waals surface area contributed by atoms with Gasteiger partial charge in [-0.2, -0.15) is 5.26 Å². The maximum absolute atomic E-state index is 13.1. The molecule has 1 rings (SSSR count). The summed E-state index contributed by atoms with van der Waals surface area (Å²) >= 11 is 0. The predicted molar refractivity (Wildman–Crippen MR) is 69.2 cm³/mol. The van der Waals surface area contributed by atoms with Crippen molar-refractivity contribution in [2.75, 3.05) is 33.4 Å². The fraction of sp³-hybridized carbons (Fsp3) is 0.429. The van der Waals surface area contributed by atoms with Crippen LogP contribution in [0.25, 0.3) is 0 Å². The Morgan fingerprint density at radius 1 is 1.35 bits per heavy atom. The first-order chi connectivity index (χ1) is 9.58. The van der Waals surface area contributed by atoms with Crippen LogP contribution in [-0.4, -0.2) is 44.0 Å². The van der Waals surface area contributed by atoms with Crippen LogP contribution in [0.5, 0.6) is 0 Å². The highest BCUT2D eigenvalue weighted by Crippen LogP contribution is 2.10. The molecule has 0 amide bonds. The Bertz CT molecular complexity index is 500. The van der Waals surface area contributed by atoms with Gasteiger partial charge in [-0.3, -0.25) is 9.69 Å². The zero-order chi connectivity index (χ0) is 15.0. The molecule has 1 aromatic rings. The van der Waals surface area contributed by atoms with Gasteiger partial charge in [0.2, 0.25) is 0 Å². The van der Waals surface area contributed by atoms with Crippen molar-refractivity contribution in [3.8, 4) is 6.07 Å². The number of ether oxygens (including phenoxy) is 1. The highest BCUT2D eigenvalue weighted by molar-refractivity contribution is 5.97. The largest absolute Gasteiger partial charge is 0.383 e. The molecule has 0 spiro atoms. The molecule has 20 heavy (non-hydrogen) atoms. The Morgan fingerprint density at radius 2 is 2.10 bits per heavy atom. The Balaban J connectivity index is 2.68. The third kappa shape index (κ3) is 5.03. The normalized spacial score (nSPS) is 10.6. The lowest BCUT2D eigenvalue weighted by atomic mass is 10.1. The molecule has 0 unspecified atom stereocenters. The fourth-order valence-electron chi connectivity index (χ4n) is 1.66. The summed E-state index contributed by atoms with van der Waals surface area (Å²) in [6.07, 6.45) is 0.286. The van der Waals surface area contributed by atoms with Crippen molar-refractivity contribution >= 4 is 5.78 Å². The number of carbonyl (C=O) groups is 1. The van der Waals surface area contributed by atoms with Gasteiger partial charge in [-0.25, -0.2) is 8.78 Å². The van der Waals surface area contributed by atoms with Crippen molar-refractivity contribution in [2.45, 2.75) is 6.42 Å². The number of nitrogens with zero attached hydrogens (tertiary/aromatic N) is 2. The number of methoxy groups -OCH3 is 1. The van der Waals surface area contributed by atoms with E-state index in [1.807, 2.05) is 6.07 Å². The van der Waals surface area contributed by atoms with Crippen LogP contribution < -0.4 is 0 Å². The van der Waals surface area contributed by atoms with E-state index in [0.717, 1.165) is 12.1 Å². The first-order valence-electron chi connectivity index (χ1n) is 6.15. The Labute approximate surface area is 116 Å². The van der Waals surface area contributed by atoms with E-state index in [1.54, 1.807) is 12.0 Å².